The van der Waals surface area contributed by atoms with Gasteiger partial charge in [0.05, 0.1) is 23.9 Å². The van der Waals surface area contributed by atoms with Gasteiger partial charge in [-0.2, -0.15) is 0 Å². The van der Waals surface area contributed by atoms with Crippen LogP contribution >= 0.6 is 0 Å². The Morgan fingerprint density at radius 2 is 2.00 bits per heavy atom. The highest BCUT2D eigenvalue weighted by Gasteiger charge is 2.28. The van der Waals surface area contributed by atoms with Gasteiger partial charge < -0.3 is 15.4 Å². The van der Waals surface area contributed by atoms with Gasteiger partial charge in [-0.1, -0.05) is 36.4 Å². The van der Waals surface area contributed by atoms with Crippen LogP contribution in [0.4, 0.5) is 4.79 Å². The Morgan fingerprint density at radius 3 is 2.67 bits per heavy atom. The van der Waals surface area contributed by atoms with Crippen LogP contribution in [0.2, 0.25) is 0 Å². The quantitative estimate of drug-likeness (QED) is 0.834. The normalized spacial score (nSPS) is 18.4. The standard InChI is InChI=1S/C16H18N2O3/c1-3-21-15(19)14-11(2)17-16(20)18-13(14)10-9-12-7-5-4-6-8-12/h4-11H,3H2,1-2H3,(H2,17,18,20)/t11-/m1/s1. The molecule has 1 aromatic carbocycles. The Labute approximate surface area is 123 Å². The molecule has 0 saturated carbocycles. The lowest BCUT2D eigenvalue weighted by Gasteiger charge is -2.25. The molecule has 1 aromatic rings. The summed E-state index contributed by atoms with van der Waals surface area (Å²) in [6, 6.07) is 8.92. The maximum atomic E-state index is 12.0. The molecule has 0 spiro atoms. The van der Waals surface area contributed by atoms with Crippen molar-refractivity contribution in [2.75, 3.05) is 6.61 Å². The molecule has 5 heteroatoms. The number of esters is 1. The van der Waals surface area contributed by atoms with Crippen LogP contribution in [0.15, 0.2) is 47.7 Å². The number of hydrogen-bond acceptors (Lipinski definition) is 3. The lowest BCUT2D eigenvalue weighted by Crippen LogP contribution is -2.48. The van der Waals surface area contributed by atoms with E-state index in [2.05, 4.69) is 10.6 Å². The molecule has 21 heavy (non-hydrogen) atoms. The first-order valence-corrected chi connectivity index (χ1v) is 6.83. The molecule has 0 saturated heterocycles. The van der Waals surface area contributed by atoms with E-state index >= 15 is 0 Å². The van der Waals surface area contributed by atoms with E-state index in [1.807, 2.05) is 36.4 Å². The monoisotopic (exact) mass is 286 g/mol. The molecule has 1 heterocycles. The Balaban J connectivity index is 2.33. The molecule has 0 aliphatic carbocycles. The zero-order chi connectivity index (χ0) is 15.2. The second-order valence-corrected chi connectivity index (χ2v) is 4.61. The zero-order valence-electron chi connectivity index (χ0n) is 12.1. The van der Waals surface area contributed by atoms with Crippen LogP contribution in [0.1, 0.15) is 19.4 Å². The van der Waals surface area contributed by atoms with Gasteiger partial charge in [-0.25, -0.2) is 9.59 Å². The van der Waals surface area contributed by atoms with E-state index in [-0.39, 0.29) is 6.03 Å². The molecule has 0 aromatic heterocycles. The summed E-state index contributed by atoms with van der Waals surface area (Å²) in [5, 5.41) is 5.30. The summed E-state index contributed by atoms with van der Waals surface area (Å²) >= 11 is 0. The number of ether oxygens (including phenoxy) is 1. The van der Waals surface area contributed by atoms with Crippen molar-refractivity contribution in [3.8, 4) is 0 Å². The fourth-order valence-electron chi connectivity index (χ4n) is 2.10. The van der Waals surface area contributed by atoms with Gasteiger partial charge in [0, 0.05) is 0 Å². The van der Waals surface area contributed by atoms with Crippen molar-refractivity contribution in [1.29, 1.82) is 0 Å². The van der Waals surface area contributed by atoms with Crippen molar-refractivity contribution >= 4 is 18.1 Å². The first-order chi connectivity index (χ1) is 10.1. The minimum atomic E-state index is -0.426. The number of carbonyl (C=O) groups is 2. The number of urea groups is 1. The molecule has 1 aliphatic heterocycles. The fourth-order valence-corrected chi connectivity index (χ4v) is 2.10. The molecule has 0 radical (unpaired) electrons. The SMILES string of the molecule is CCOC(=O)C1=C(C=Cc2ccccc2)NC(=O)N[C@@H]1C. The van der Waals surface area contributed by atoms with Crippen molar-refractivity contribution in [2.45, 2.75) is 19.9 Å². The number of benzene rings is 1. The lowest BCUT2D eigenvalue weighted by molar-refractivity contribution is -0.138. The second kappa shape index (κ2) is 6.74. The van der Waals surface area contributed by atoms with E-state index in [0.717, 1.165) is 5.56 Å². The van der Waals surface area contributed by atoms with Gasteiger partial charge in [0.15, 0.2) is 0 Å². The fraction of sp³-hybridized carbons (Fsp3) is 0.250. The van der Waals surface area contributed by atoms with Gasteiger partial charge in [0.1, 0.15) is 0 Å². The number of amides is 2. The van der Waals surface area contributed by atoms with Crippen LogP contribution in [-0.2, 0) is 9.53 Å². The van der Waals surface area contributed by atoms with E-state index in [0.29, 0.717) is 17.9 Å². The van der Waals surface area contributed by atoms with Crippen LogP contribution in [0.3, 0.4) is 0 Å². The van der Waals surface area contributed by atoms with Gasteiger partial charge in [-0.3, -0.25) is 0 Å². The highest BCUT2D eigenvalue weighted by atomic mass is 16.5. The smallest absolute Gasteiger partial charge is 0.338 e. The summed E-state index contributed by atoms with van der Waals surface area (Å²) in [6.45, 7) is 3.79. The Bertz CT molecular complexity index is 591. The Hall–Kier alpha value is -2.56. The van der Waals surface area contributed by atoms with E-state index in [4.69, 9.17) is 4.74 Å². The highest BCUT2D eigenvalue weighted by molar-refractivity contribution is 5.95. The van der Waals surface area contributed by atoms with Crippen molar-refractivity contribution < 1.29 is 14.3 Å². The molecule has 0 bridgehead atoms. The third-order valence-electron chi connectivity index (χ3n) is 3.06. The van der Waals surface area contributed by atoms with Gasteiger partial charge in [0.25, 0.3) is 0 Å². The van der Waals surface area contributed by atoms with Crippen molar-refractivity contribution in [3.63, 3.8) is 0 Å². The molecule has 1 atom stereocenters. The summed E-state index contributed by atoms with van der Waals surface area (Å²) < 4.78 is 5.05. The molecule has 1 aliphatic rings. The highest BCUT2D eigenvalue weighted by Crippen LogP contribution is 2.16. The topological polar surface area (TPSA) is 67.4 Å². The van der Waals surface area contributed by atoms with Crippen molar-refractivity contribution in [2.24, 2.45) is 0 Å². The first kappa shape index (κ1) is 14.8. The summed E-state index contributed by atoms with van der Waals surface area (Å²) in [6.07, 6.45) is 3.56. The van der Waals surface area contributed by atoms with Crippen LogP contribution in [-0.4, -0.2) is 24.6 Å². The largest absolute Gasteiger partial charge is 0.463 e. The molecule has 0 unspecified atom stereocenters. The maximum absolute atomic E-state index is 12.0. The predicted molar refractivity (Wildman–Crippen MR) is 80.3 cm³/mol. The number of nitrogens with one attached hydrogen (secondary N) is 2. The van der Waals surface area contributed by atoms with Gasteiger partial charge >= 0.3 is 12.0 Å². The Kier molecular flexibility index (Phi) is 4.77. The minimum absolute atomic E-state index is 0.290. The van der Waals surface area contributed by atoms with E-state index in [1.54, 1.807) is 19.9 Å². The molecule has 2 rings (SSSR count). The minimum Gasteiger partial charge on any atom is -0.463 e. The predicted octanol–water partition coefficient (Wildman–Crippen LogP) is 2.22. The lowest BCUT2D eigenvalue weighted by atomic mass is 10.0. The third-order valence-corrected chi connectivity index (χ3v) is 3.06. The maximum Gasteiger partial charge on any atom is 0.338 e. The average Bonchev–Trinajstić information content (AvgIpc) is 2.45. The van der Waals surface area contributed by atoms with Crippen molar-refractivity contribution in [1.82, 2.24) is 10.6 Å². The van der Waals surface area contributed by atoms with E-state index in [1.165, 1.54) is 0 Å². The summed E-state index contributed by atoms with van der Waals surface area (Å²) in [5.74, 6) is -0.426. The van der Waals surface area contributed by atoms with E-state index in [9.17, 15) is 9.59 Å². The van der Waals surface area contributed by atoms with Crippen LogP contribution in [0.25, 0.3) is 6.08 Å². The molecule has 110 valence electrons. The first-order valence-electron chi connectivity index (χ1n) is 6.83. The molecular formula is C16H18N2O3. The average molecular weight is 286 g/mol. The van der Waals surface area contributed by atoms with Gasteiger partial charge in [0.2, 0.25) is 0 Å². The van der Waals surface area contributed by atoms with Gasteiger partial charge in [-0.05, 0) is 25.5 Å². The number of allylic oxidation sites excluding steroid dienone is 1. The summed E-state index contributed by atoms with van der Waals surface area (Å²) in [7, 11) is 0. The Morgan fingerprint density at radius 1 is 1.29 bits per heavy atom. The molecular weight excluding hydrogens is 268 g/mol. The molecule has 2 amide bonds. The molecule has 0 fully saturated rings. The number of rotatable bonds is 4. The van der Waals surface area contributed by atoms with Gasteiger partial charge in [-0.15, -0.1) is 0 Å². The number of hydrogen-bond donors (Lipinski definition) is 2. The van der Waals surface area contributed by atoms with E-state index < -0.39 is 12.0 Å². The summed E-state index contributed by atoms with van der Waals surface area (Å²) in [4.78, 5) is 23.6. The zero-order valence-corrected chi connectivity index (χ0v) is 12.1. The third kappa shape index (κ3) is 3.72. The molecule has 2 N–H and O–H groups in total. The van der Waals surface area contributed by atoms with Crippen molar-refractivity contribution in [3.05, 3.63) is 53.2 Å². The van der Waals surface area contributed by atoms with Crippen LogP contribution < -0.4 is 10.6 Å². The molecule has 5 nitrogen and oxygen atoms in total. The summed E-state index contributed by atoms with van der Waals surface area (Å²) in [5.41, 5.74) is 1.87. The second-order valence-electron chi connectivity index (χ2n) is 4.61. The van der Waals surface area contributed by atoms with Crippen LogP contribution in [0.5, 0.6) is 0 Å². The number of carbonyl (C=O) groups excluding carboxylic acids is 2. The van der Waals surface area contributed by atoms with Crippen LogP contribution in [0, 0.1) is 0 Å².